The van der Waals surface area contributed by atoms with Crippen LogP contribution in [0.2, 0.25) is 0 Å². The van der Waals surface area contributed by atoms with Crippen molar-refractivity contribution in [3.8, 4) is 0 Å². The maximum atomic E-state index is 12.9. The Labute approximate surface area is 173 Å². The molecular formula is C25H30NO3+. The molecule has 3 rings (SSSR count). The molecular weight excluding hydrogens is 362 g/mol. The first-order chi connectivity index (χ1) is 13.6. The molecule has 0 amide bonds. The molecule has 0 spiro atoms. The molecule has 0 bridgehead atoms. The first-order valence-electron chi connectivity index (χ1n) is 9.97. The minimum atomic E-state index is -0.559. The zero-order valence-electron chi connectivity index (χ0n) is 17.8. The highest BCUT2D eigenvalue weighted by molar-refractivity contribution is 6.22. The fourth-order valence-corrected chi connectivity index (χ4v) is 4.22. The van der Waals surface area contributed by atoms with E-state index in [0.717, 1.165) is 17.5 Å². The van der Waals surface area contributed by atoms with Crippen LogP contribution in [-0.4, -0.2) is 22.5 Å². The molecule has 1 aliphatic rings. The lowest BCUT2D eigenvalue weighted by Crippen LogP contribution is -2.86. The molecule has 0 radical (unpaired) electrons. The lowest BCUT2D eigenvalue weighted by atomic mass is 9.82. The van der Waals surface area contributed by atoms with Crippen molar-refractivity contribution in [2.24, 2.45) is 5.41 Å². The average molecular weight is 393 g/mol. The fraction of sp³-hybridized carbons (Fsp3) is 0.360. The highest BCUT2D eigenvalue weighted by atomic mass is 16.5. The van der Waals surface area contributed by atoms with Gasteiger partial charge in [0.05, 0.1) is 0 Å². The van der Waals surface area contributed by atoms with E-state index in [1.54, 1.807) is 0 Å². The smallest absolute Gasteiger partial charge is 0.374 e. The Bertz CT molecular complexity index is 935. The summed E-state index contributed by atoms with van der Waals surface area (Å²) in [7, 11) is 0. The number of hydrogen-bond acceptors (Lipinski definition) is 2. The molecule has 2 aromatic rings. The number of hydrogen-bond donors (Lipinski definition) is 2. The van der Waals surface area contributed by atoms with Crippen LogP contribution in [-0.2, 0) is 9.53 Å². The van der Waals surface area contributed by atoms with Crippen molar-refractivity contribution in [3.05, 3.63) is 77.4 Å². The fourth-order valence-electron chi connectivity index (χ4n) is 4.22. The van der Waals surface area contributed by atoms with Gasteiger partial charge in [-0.15, -0.1) is 0 Å². The van der Waals surface area contributed by atoms with Gasteiger partial charge < -0.3 is 9.84 Å². The number of aliphatic hydroxyl groups is 1. The van der Waals surface area contributed by atoms with Crippen molar-refractivity contribution in [2.45, 2.75) is 52.7 Å². The lowest BCUT2D eigenvalue weighted by Gasteiger charge is -2.25. The molecule has 2 N–H and O–H groups in total. The molecule has 1 aliphatic heterocycles. The van der Waals surface area contributed by atoms with E-state index in [9.17, 15) is 9.90 Å². The van der Waals surface area contributed by atoms with Crippen LogP contribution >= 0.6 is 0 Å². The Morgan fingerprint density at radius 2 is 1.52 bits per heavy atom. The summed E-state index contributed by atoms with van der Waals surface area (Å²) in [5, 5.41) is 11.0. The van der Waals surface area contributed by atoms with E-state index < -0.39 is 17.6 Å². The molecule has 0 aliphatic carbocycles. The SMILES string of the molecule is CC(C)(C)CC(C)(C)[NH+]=C(O)C1=C(c2ccccc2)C(c2ccccc2)OC1=O. The monoisotopic (exact) mass is 392 g/mol. The number of cyclic esters (lactones) is 1. The van der Waals surface area contributed by atoms with Crippen LogP contribution in [0.4, 0.5) is 0 Å². The van der Waals surface area contributed by atoms with E-state index in [4.69, 9.17) is 4.74 Å². The second-order valence-electron chi connectivity index (χ2n) is 9.45. The van der Waals surface area contributed by atoms with E-state index in [0.29, 0.717) is 5.57 Å². The Morgan fingerprint density at radius 3 is 2.07 bits per heavy atom. The van der Waals surface area contributed by atoms with Crippen LogP contribution < -0.4 is 4.99 Å². The molecule has 1 unspecified atom stereocenters. The minimum Gasteiger partial charge on any atom is -0.460 e. The van der Waals surface area contributed by atoms with Gasteiger partial charge in [-0.2, -0.15) is 0 Å². The van der Waals surface area contributed by atoms with Crippen molar-refractivity contribution < 1.29 is 19.6 Å². The Morgan fingerprint density at radius 1 is 0.966 bits per heavy atom. The summed E-state index contributed by atoms with van der Waals surface area (Å²) in [6.45, 7) is 10.5. The van der Waals surface area contributed by atoms with Crippen molar-refractivity contribution in [1.29, 1.82) is 0 Å². The van der Waals surface area contributed by atoms with Crippen molar-refractivity contribution in [1.82, 2.24) is 0 Å². The van der Waals surface area contributed by atoms with Gasteiger partial charge in [-0.3, -0.25) is 0 Å². The largest absolute Gasteiger partial charge is 0.460 e. The van der Waals surface area contributed by atoms with Crippen molar-refractivity contribution >= 4 is 17.4 Å². The van der Waals surface area contributed by atoms with Crippen molar-refractivity contribution in [3.63, 3.8) is 0 Å². The van der Waals surface area contributed by atoms with Gasteiger partial charge in [0, 0.05) is 12.0 Å². The predicted molar refractivity (Wildman–Crippen MR) is 115 cm³/mol. The van der Waals surface area contributed by atoms with E-state index in [1.165, 1.54) is 0 Å². The molecule has 1 heterocycles. The molecule has 0 saturated carbocycles. The third-order valence-corrected chi connectivity index (χ3v) is 4.81. The topological polar surface area (TPSA) is 60.5 Å². The minimum absolute atomic E-state index is 0.0657. The van der Waals surface area contributed by atoms with E-state index >= 15 is 0 Å². The molecule has 0 fully saturated rings. The lowest BCUT2D eigenvalue weighted by molar-refractivity contribution is -0.554. The number of ether oxygens (including phenoxy) is 1. The molecule has 152 valence electrons. The third-order valence-electron chi connectivity index (χ3n) is 4.81. The number of aliphatic hydroxyl groups excluding tert-OH is 1. The number of carbonyl (C=O) groups is 1. The highest BCUT2D eigenvalue weighted by Gasteiger charge is 2.42. The summed E-state index contributed by atoms with van der Waals surface area (Å²) in [5.41, 5.74) is 2.27. The van der Waals surface area contributed by atoms with Crippen LogP contribution in [0.3, 0.4) is 0 Å². The van der Waals surface area contributed by atoms with Crippen molar-refractivity contribution in [2.75, 3.05) is 0 Å². The van der Waals surface area contributed by atoms with Gasteiger partial charge in [0.25, 0.3) is 0 Å². The zero-order valence-corrected chi connectivity index (χ0v) is 17.8. The highest BCUT2D eigenvalue weighted by Crippen LogP contribution is 2.41. The summed E-state index contributed by atoms with van der Waals surface area (Å²) in [5.74, 6) is -0.657. The number of nitrogens with one attached hydrogen (secondary N) is 1. The van der Waals surface area contributed by atoms with Gasteiger partial charge in [-0.1, -0.05) is 81.4 Å². The average Bonchev–Trinajstić information content (AvgIpc) is 2.98. The molecule has 0 saturated heterocycles. The van der Waals surface area contributed by atoms with Gasteiger partial charge in [-0.25, -0.2) is 9.79 Å². The summed E-state index contributed by atoms with van der Waals surface area (Å²) >= 11 is 0. The molecule has 4 heteroatoms. The predicted octanol–water partition coefficient (Wildman–Crippen LogP) is 3.99. The second-order valence-corrected chi connectivity index (χ2v) is 9.45. The van der Waals surface area contributed by atoms with E-state index in [1.807, 2.05) is 74.5 Å². The Hall–Kier alpha value is -2.88. The standard InChI is InChI=1S/C25H29NO3/c1-24(2,3)16-25(4,5)26-22(27)20-19(17-12-8-6-9-13-17)21(29-23(20)28)18-14-10-7-11-15-18/h6-15,21H,16H2,1-5H3,(H,26,27)/p+1. The van der Waals surface area contributed by atoms with Gasteiger partial charge in [-0.05, 0) is 30.4 Å². The Kier molecular flexibility index (Phi) is 5.65. The summed E-state index contributed by atoms with van der Waals surface area (Å²) in [6, 6.07) is 19.2. The maximum Gasteiger partial charge on any atom is 0.374 e. The van der Waals surface area contributed by atoms with E-state index in [-0.39, 0.29) is 16.9 Å². The quantitative estimate of drug-likeness (QED) is 0.459. The Balaban J connectivity index is 2.13. The van der Waals surface area contributed by atoms with Crippen LogP contribution in [0.25, 0.3) is 5.57 Å². The first-order valence-corrected chi connectivity index (χ1v) is 9.97. The number of carbonyl (C=O) groups excluding carboxylic acids is 1. The number of benzene rings is 2. The number of rotatable bonds is 5. The first kappa shape index (κ1) is 20.8. The van der Waals surface area contributed by atoms with Gasteiger partial charge in [0.1, 0.15) is 0 Å². The van der Waals surface area contributed by atoms with Crippen LogP contribution in [0, 0.1) is 5.41 Å². The van der Waals surface area contributed by atoms with Crippen LogP contribution in [0.5, 0.6) is 0 Å². The maximum absolute atomic E-state index is 12.9. The van der Waals surface area contributed by atoms with Gasteiger partial charge >= 0.3 is 11.9 Å². The summed E-state index contributed by atoms with van der Waals surface area (Å²) < 4.78 is 5.73. The molecule has 2 aromatic carbocycles. The number of esters is 1. The second kappa shape index (κ2) is 7.86. The molecule has 4 nitrogen and oxygen atoms in total. The third kappa shape index (κ3) is 4.94. The molecule has 0 aromatic heterocycles. The molecule has 1 atom stereocenters. The van der Waals surface area contributed by atoms with Crippen LogP contribution in [0.15, 0.2) is 66.2 Å². The van der Waals surface area contributed by atoms with E-state index in [2.05, 4.69) is 25.8 Å². The van der Waals surface area contributed by atoms with Gasteiger partial charge in [0.15, 0.2) is 17.2 Å². The van der Waals surface area contributed by atoms with Crippen LogP contribution in [0.1, 0.15) is 58.3 Å². The zero-order chi connectivity index (χ0) is 21.2. The molecule has 29 heavy (non-hydrogen) atoms. The summed E-state index contributed by atoms with van der Waals surface area (Å²) in [4.78, 5) is 16.0. The normalized spacial score (nSPS) is 18.2. The van der Waals surface area contributed by atoms with Gasteiger partial charge in [0.2, 0.25) is 0 Å². The summed E-state index contributed by atoms with van der Waals surface area (Å²) in [6.07, 6.45) is 0.255.